The van der Waals surface area contributed by atoms with Crippen LogP contribution in [0.1, 0.15) is 11.3 Å². The van der Waals surface area contributed by atoms with E-state index in [1.54, 1.807) is 6.07 Å². The Hall–Kier alpha value is -2.01. The third-order valence-electron chi connectivity index (χ3n) is 2.59. The van der Waals surface area contributed by atoms with Crippen molar-refractivity contribution in [3.05, 3.63) is 35.4 Å². The molecular formula is C12H7F4N3S. The minimum atomic E-state index is -4.70. The summed E-state index contributed by atoms with van der Waals surface area (Å²) in [5.74, 6) is -0.806. The lowest BCUT2D eigenvalue weighted by Crippen LogP contribution is -2.08. The zero-order valence-electron chi connectivity index (χ0n) is 10.0. The molecule has 0 saturated heterocycles. The van der Waals surface area contributed by atoms with Gasteiger partial charge in [-0.1, -0.05) is 0 Å². The quantitative estimate of drug-likeness (QED) is 0.648. The summed E-state index contributed by atoms with van der Waals surface area (Å²) in [7, 11) is 1.31. The Labute approximate surface area is 116 Å². The van der Waals surface area contributed by atoms with Crippen LogP contribution in [0.5, 0.6) is 0 Å². The average Bonchev–Trinajstić information content (AvgIpc) is 2.74. The molecule has 0 saturated carbocycles. The fourth-order valence-electron chi connectivity index (χ4n) is 1.77. The molecule has 1 heterocycles. The van der Waals surface area contributed by atoms with E-state index in [1.165, 1.54) is 7.05 Å². The molecule has 0 amide bonds. The number of hydrogen-bond acceptors (Lipinski definition) is 3. The molecule has 1 aromatic heterocycles. The first kappa shape index (κ1) is 14.4. The molecule has 0 fully saturated rings. The van der Waals surface area contributed by atoms with Crippen molar-refractivity contribution in [2.75, 3.05) is 0 Å². The topological polar surface area (TPSA) is 41.6 Å². The summed E-state index contributed by atoms with van der Waals surface area (Å²) >= 11 is 3.80. The molecule has 0 N–H and O–H groups in total. The van der Waals surface area contributed by atoms with Gasteiger partial charge in [0.2, 0.25) is 0 Å². The molecule has 2 aromatic rings. The number of aryl methyl sites for hydroxylation is 1. The number of halogens is 4. The van der Waals surface area contributed by atoms with Gasteiger partial charge in [-0.05, 0) is 12.1 Å². The van der Waals surface area contributed by atoms with E-state index in [2.05, 4.69) is 17.7 Å². The zero-order chi connectivity index (χ0) is 15.1. The zero-order valence-corrected chi connectivity index (χ0v) is 10.9. The molecule has 0 aliphatic carbocycles. The van der Waals surface area contributed by atoms with Gasteiger partial charge in [0.15, 0.2) is 5.69 Å². The van der Waals surface area contributed by atoms with Crippen molar-refractivity contribution >= 4 is 12.6 Å². The molecule has 3 nitrogen and oxygen atoms in total. The minimum Gasteiger partial charge on any atom is -0.275 e. The molecule has 2 rings (SSSR count). The maximum Gasteiger partial charge on any atom is 0.435 e. The summed E-state index contributed by atoms with van der Waals surface area (Å²) in [6, 6.07) is 3.67. The number of hydrogen-bond donors (Lipinski definition) is 1. The molecule has 20 heavy (non-hydrogen) atoms. The highest BCUT2D eigenvalue weighted by atomic mass is 32.1. The molecule has 1 aromatic carbocycles. The van der Waals surface area contributed by atoms with Crippen molar-refractivity contribution in [1.29, 1.82) is 5.26 Å². The fraction of sp³-hybridized carbons (Fsp3) is 0.167. The molecule has 0 radical (unpaired) electrons. The van der Waals surface area contributed by atoms with Crippen LogP contribution in [0.25, 0.3) is 11.1 Å². The highest BCUT2D eigenvalue weighted by Gasteiger charge is 2.38. The van der Waals surface area contributed by atoms with Gasteiger partial charge in [-0.3, -0.25) is 4.68 Å². The number of alkyl halides is 3. The van der Waals surface area contributed by atoms with Crippen molar-refractivity contribution in [3.63, 3.8) is 0 Å². The van der Waals surface area contributed by atoms with Crippen molar-refractivity contribution in [2.45, 2.75) is 11.1 Å². The maximum atomic E-state index is 13.5. The van der Waals surface area contributed by atoms with E-state index in [-0.39, 0.29) is 21.6 Å². The van der Waals surface area contributed by atoms with Gasteiger partial charge in [0.25, 0.3) is 0 Å². The van der Waals surface area contributed by atoms with Gasteiger partial charge in [-0.15, -0.1) is 12.6 Å². The first-order valence-electron chi connectivity index (χ1n) is 5.28. The molecular weight excluding hydrogens is 294 g/mol. The van der Waals surface area contributed by atoms with Gasteiger partial charge in [0.1, 0.15) is 5.82 Å². The maximum absolute atomic E-state index is 13.5. The SMILES string of the molecule is Cn1cc(-c2cc(F)c(S)cc2C#N)c(C(F)(F)F)n1. The van der Waals surface area contributed by atoms with E-state index < -0.39 is 17.7 Å². The highest BCUT2D eigenvalue weighted by Crippen LogP contribution is 2.38. The van der Waals surface area contributed by atoms with Crippen molar-refractivity contribution in [1.82, 2.24) is 9.78 Å². The molecule has 8 heteroatoms. The van der Waals surface area contributed by atoms with Crippen LogP contribution in [0.4, 0.5) is 17.6 Å². The number of thiol groups is 1. The second-order valence-electron chi connectivity index (χ2n) is 4.02. The summed E-state index contributed by atoms with van der Waals surface area (Å²) in [5.41, 5.74) is -1.77. The Kier molecular flexibility index (Phi) is 3.48. The summed E-state index contributed by atoms with van der Waals surface area (Å²) in [4.78, 5) is -0.109. The van der Waals surface area contributed by atoms with Crippen LogP contribution in [0.15, 0.2) is 23.2 Å². The Bertz CT molecular complexity index is 713. The van der Waals surface area contributed by atoms with Crippen LogP contribution in [0.2, 0.25) is 0 Å². The van der Waals surface area contributed by atoms with Crippen LogP contribution in [-0.4, -0.2) is 9.78 Å². The van der Waals surface area contributed by atoms with Crippen LogP contribution in [-0.2, 0) is 13.2 Å². The molecule has 0 aliphatic heterocycles. The molecule has 0 bridgehead atoms. The van der Waals surface area contributed by atoms with E-state index in [9.17, 15) is 17.6 Å². The Morgan fingerprint density at radius 3 is 2.50 bits per heavy atom. The minimum absolute atomic E-state index is 0.102. The van der Waals surface area contributed by atoms with Gasteiger partial charge in [-0.2, -0.15) is 23.5 Å². The number of rotatable bonds is 1. The smallest absolute Gasteiger partial charge is 0.275 e. The van der Waals surface area contributed by atoms with Crippen LogP contribution < -0.4 is 0 Å². The standard InChI is InChI=1S/C12H7F4N3S/c1-19-5-8(11(18-19)12(14,15)16)7-3-9(13)10(20)2-6(7)4-17/h2-3,5,20H,1H3. The second-order valence-corrected chi connectivity index (χ2v) is 4.51. The predicted molar refractivity (Wildman–Crippen MR) is 65.6 cm³/mol. The number of nitriles is 1. The summed E-state index contributed by atoms with van der Waals surface area (Å²) in [5, 5.41) is 12.3. The molecule has 0 spiro atoms. The number of aromatic nitrogens is 2. The lowest BCUT2D eigenvalue weighted by molar-refractivity contribution is -0.140. The first-order valence-corrected chi connectivity index (χ1v) is 5.72. The monoisotopic (exact) mass is 301 g/mol. The molecule has 0 atom stereocenters. The van der Waals surface area contributed by atoms with Gasteiger partial charge in [0.05, 0.1) is 11.6 Å². The molecule has 104 valence electrons. The summed E-state index contributed by atoms with van der Waals surface area (Å²) < 4.78 is 53.2. The van der Waals surface area contributed by atoms with Crippen LogP contribution in [0, 0.1) is 17.1 Å². The van der Waals surface area contributed by atoms with E-state index in [0.29, 0.717) is 0 Å². The highest BCUT2D eigenvalue weighted by molar-refractivity contribution is 7.80. The van der Waals surface area contributed by atoms with Gasteiger partial charge < -0.3 is 0 Å². The number of benzene rings is 1. The average molecular weight is 301 g/mol. The lowest BCUT2D eigenvalue weighted by atomic mass is 10.0. The molecule has 0 aliphatic rings. The third kappa shape index (κ3) is 2.49. The van der Waals surface area contributed by atoms with Crippen LogP contribution in [0.3, 0.4) is 0 Å². The Balaban J connectivity index is 2.76. The Morgan fingerprint density at radius 2 is 1.95 bits per heavy atom. The van der Waals surface area contributed by atoms with Gasteiger partial charge >= 0.3 is 6.18 Å². The van der Waals surface area contributed by atoms with Crippen molar-refractivity contribution < 1.29 is 17.6 Å². The lowest BCUT2D eigenvalue weighted by Gasteiger charge is -2.08. The largest absolute Gasteiger partial charge is 0.435 e. The summed E-state index contributed by atoms with van der Waals surface area (Å²) in [6.07, 6.45) is -3.60. The van der Waals surface area contributed by atoms with E-state index in [0.717, 1.165) is 23.0 Å². The third-order valence-corrected chi connectivity index (χ3v) is 2.94. The van der Waals surface area contributed by atoms with E-state index in [1.807, 2.05) is 0 Å². The predicted octanol–water partition coefficient (Wildman–Crippen LogP) is 3.41. The Morgan fingerprint density at radius 1 is 1.30 bits per heavy atom. The van der Waals surface area contributed by atoms with E-state index >= 15 is 0 Å². The van der Waals surface area contributed by atoms with Gasteiger partial charge in [0, 0.05) is 29.3 Å². The molecule has 0 unspecified atom stereocenters. The normalized spacial score (nSPS) is 11.4. The summed E-state index contributed by atoms with van der Waals surface area (Å²) in [6.45, 7) is 0. The van der Waals surface area contributed by atoms with Gasteiger partial charge in [-0.25, -0.2) is 4.39 Å². The second kappa shape index (κ2) is 4.83. The number of nitrogens with zero attached hydrogens (tertiary/aromatic N) is 3. The van der Waals surface area contributed by atoms with Crippen molar-refractivity contribution in [2.24, 2.45) is 7.05 Å². The van der Waals surface area contributed by atoms with Crippen molar-refractivity contribution in [3.8, 4) is 17.2 Å². The first-order chi connectivity index (χ1) is 9.24. The van der Waals surface area contributed by atoms with Crippen LogP contribution >= 0.6 is 12.6 Å². The fourth-order valence-corrected chi connectivity index (χ4v) is 1.97. The van der Waals surface area contributed by atoms with E-state index in [4.69, 9.17) is 5.26 Å².